The molecule has 180 valence electrons. The number of hydrogen-bond donors (Lipinski definition) is 1. The van der Waals surface area contributed by atoms with E-state index in [1.807, 2.05) is 65.0 Å². The van der Waals surface area contributed by atoms with Gasteiger partial charge in [-0.15, -0.1) is 0 Å². The minimum absolute atomic E-state index is 0.0846. The molecule has 2 aromatic carbocycles. The Bertz CT molecular complexity index is 1090. The molecule has 7 nitrogen and oxygen atoms in total. The number of anilines is 1. The second kappa shape index (κ2) is 10.8. The van der Waals surface area contributed by atoms with Crippen LogP contribution < -0.4 is 9.62 Å². The zero-order valence-corrected chi connectivity index (χ0v) is 21.4. The van der Waals surface area contributed by atoms with Crippen molar-refractivity contribution in [3.63, 3.8) is 0 Å². The van der Waals surface area contributed by atoms with Crippen LogP contribution in [-0.4, -0.2) is 50.0 Å². The lowest BCUT2D eigenvalue weighted by Gasteiger charge is -2.32. The highest BCUT2D eigenvalue weighted by molar-refractivity contribution is 7.92. The Balaban J connectivity index is 2.42. The van der Waals surface area contributed by atoms with Crippen molar-refractivity contribution in [1.29, 1.82) is 0 Å². The molecule has 1 atom stereocenters. The van der Waals surface area contributed by atoms with Crippen LogP contribution >= 0.6 is 0 Å². The molecule has 0 aliphatic rings. The van der Waals surface area contributed by atoms with Crippen LogP contribution in [0, 0.1) is 20.8 Å². The van der Waals surface area contributed by atoms with Crippen LogP contribution in [0.4, 0.5) is 5.69 Å². The lowest BCUT2D eigenvalue weighted by atomic mass is 10.1. The molecule has 0 saturated carbocycles. The van der Waals surface area contributed by atoms with E-state index in [1.165, 1.54) is 4.90 Å². The van der Waals surface area contributed by atoms with Crippen LogP contribution in [-0.2, 0) is 26.2 Å². The van der Waals surface area contributed by atoms with Crippen LogP contribution in [0.15, 0.2) is 42.5 Å². The highest BCUT2D eigenvalue weighted by atomic mass is 32.2. The molecular weight excluding hydrogens is 438 g/mol. The van der Waals surface area contributed by atoms with E-state index in [4.69, 9.17) is 0 Å². The van der Waals surface area contributed by atoms with E-state index in [0.717, 1.165) is 32.8 Å². The molecule has 2 amide bonds. The van der Waals surface area contributed by atoms with Crippen LogP contribution in [0.3, 0.4) is 0 Å². The van der Waals surface area contributed by atoms with Crippen molar-refractivity contribution in [2.75, 3.05) is 17.1 Å². The Morgan fingerprint density at radius 3 is 2.06 bits per heavy atom. The van der Waals surface area contributed by atoms with Crippen molar-refractivity contribution < 1.29 is 18.0 Å². The SMILES string of the molecule is Cc1cccc(CN(C(=O)CN(c2cc(C)cc(C)c2)S(C)(=O)=O)C(C)C(=O)NC(C)C)c1. The number of sulfonamides is 1. The molecule has 1 unspecified atom stereocenters. The van der Waals surface area contributed by atoms with E-state index in [2.05, 4.69) is 5.32 Å². The third-order valence-corrected chi connectivity index (χ3v) is 6.35. The summed E-state index contributed by atoms with van der Waals surface area (Å²) >= 11 is 0. The Hall–Kier alpha value is -2.87. The predicted octanol–water partition coefficient (Wildman–Crippen LogP) is 3.32. The second-order valence-corrected chi connectivity index (χ2v) is 10.9. The average Bonchev–Trinajstić information content (AvgIpc) is 2.67. The molecule has 0 bridgehead atoms. The number of carbonyl (C=O) groups excluding carboxylic acids is 2. The Kier molecular flexibility index (Phi) is 8.66. The number of aryl methyl sites for hydroxylation is 3. The molecule has 0 spiro atoms. The maximum absolute atomic E-state index is 13.5. The monoisotopic (exact) mass is 473 g/mol. The molecule has 2 aromatic rings. The molecule has 0 fully saturated rings. The van der Waals surface area contributed by atoms with Gasteiger partial charge in [0.2, 0.25) is 21.8 Å². The van der Waals surface area contributed by atoms with Gasteiger partial charge in [-0.05, 0) is 70.4 Å². The molecule has 33 heavy (non-hydrogen) atoms. The van der Waals surface area contributed by atoms with Gasteiger partial charge in [0.1, 0.15) is 12.6 Å². The van der Waals surface area contributed by atoms with Crippen molar-refractivity contribution in [2.24, 2.45) is 0 Å². The molecule has 0 radical (unpaired) electrons. The lowest BCUT2D eigenvalue weighted by Crippen LogP contribution is -2.52. The molecule has 0 aromatic heterocycles. The summed E-state index contributed by atoms with van der Waals surface area (Å²) in [5.74, 6) is -0.740. The zero-order chi connectivity index (χ0) is 24.9. The third kappa shape index (κ3) is 7.60. The highest BCUT2D eigenvalue weighted by Gasteiger charge is 2.30. The first-order chi connectivity index (χ1) is 15.3. The van der Waals surface area contributed by atoms with Gasteiger partial charge in [-0.2, -0.15) is 0 Å². The van der Waals surface area contributed by atoms with E-state index >= 15 is 0 Å². The van der Waals surface area contributed by atoms with Gasteiger partial charge in [0, 0.05) is 12.6 Å². The van der Waals surface area contributed by atoms with Gasteiger partial charge in [0.15, 0.2) is 0 Å². The maximum atomic E-state index is 13.5. The van der Waals surface area contributed by atoms with Crippen molar-refractivity contribution in [3.8, 4) is 0 Å². The predicted molar refractivity (Wildman–Crippen MR) is 133 cm³/mol. The van der Waals surface area contributed by atoms with Crippen molar-refractivity contribution in [3.05, 3.63) is 64.7 Å². The highest BCUT2D eigenvalue weighted by Crippen LogP contribution is 2.22. The number of nitrogens with zero attached hydrogens (tertiary/aromatic N) is 2. The number of benzene rings is 2. The minimum atomic E-state index is -3.74. The number of carbonyl (C=O) groups is 2. The van der Waals surface area contributed by atoms with E-state index in [9.17, 15) is 18.0 Å². The first-order valence-electron chi connectivity index (χ1n) is 11.0. The smallest absolute Gasteiger partial charge is 0.244 e. The summed E-state index contributed by atoms with van der Waals surface area (Å²) in [5.41, 5.74) is 4.12. The molecule has 0 heterocycles. The maximum Gasteiger partial charge on any atom is 0.244 e. The molecule has 1 N–H and O–H groups in total. The number of amides is 2. The fourth-order valence-corrected chi connectivity index (χ4v) is 4.54. The third-order valence-electron chi connectivity index (χ3n) is 5.21. The topological polar surface area (TPSA) is 86.8 Å². The van der Waals surface area contributed by atoms with E-state index in [0.29, 0.717) is 5.69 Å². The molecule has 8 heteroatoms. The second-order valence-electron chi connectivity index (χ2n) is 8.97. The summed E-state index contributed by atoms with van der Waals surface area (Å²) in [6.45, 7) is 10.9. The fraction of sp³-hybridized carbons (Fsp3) is 0.440. The van der Waals surface area contributed by atoms with Crippen LogP contribution in [0.2, 0.25) is 0 Å². The molecule has 0 aliphatic heterocycles. The largest absolute Gasteiger partial charge is 0.352 e. The van der Waals surface area contributed by atoms with E-state index < -0.39 is 28.5 Å². The summed E-state index contributed by atoms with van der Waals surface area (Å²) < 4.78 is 26.4. The fourth-order valence-electron chi connectivity index (χ4n) is 3.70. The van der Waals surface area contributed by atoms with Crippen molar-refractivity contribution in [2.45, 2.75) is 60.2 Å². The normalized spacial score (nSPS) is 12.4. The van der Waals surface area contributed by atoms with Gasteiger partial charge in [0.25, 0.3) is 0 Å². The molecule has 0 aliphatic carbocycles. The lowest BCUT2D eigenvalue weighted by molar-refractivity contribution is -0.139. The zero-order valence-electron chi connectivity index (χ0n) is 20.5. The van der Waals surface area contributed by atoms with Gasteiger partial charge in [-0.25, -0.2) is 8.42 Å². The summed E-state index contributed by atoms with van der Waals surface area (Å²) in [5, 5.41) is 2.84. The summed E-state index contributed by atoms with van der Waals surface area (Å²) in [4.78, 5) is 27.7. The van der Waals surface area contributed by atoms with Gasteiger partial charge < -0.3 is 10.2 Å². The Labute approximate surface area is 197 Å². The average molecular weight is 474 g/mol. The van der Waals surface area contributed by atoms with Crippen LogP contribution in [0.1, 0.15) is 43.0 Å². The van der Waals surface area contributed by atoms with Gasteiger partial charge in [0.05, 0.1) is 11.9 Å². The van der Waals surface area contributed by atoms with Crippen LogP contribution in [0.5, 0.6) is 0 Å². The van der Waals surface area contributed by atoms with Gasteiger partial charge in [-0.3, -0.25) is 13.9 Å². The quantitative estimate of drug-likeness (QED) is 0.605. The number of hydrogen-bond acceptors (Lipinski definition) is 4. The van der Waals surface area contributed by atoms with Crippen molar-refractivity contribution >= 4 is 27.5 Å². The van der Waals surface area contributed by atoms with Crippen LogP contribution in [0.25, 0.3) is 0 Å². The summed E-state index contributed by atoms with van der Waals surface area (Å²) in [6, 6.07) is 12.2. The summed E-state index contributed by atoms with van der Waals surface area (Å²) in [6.07, 6.45) is 1.08. The first-order valence-corrected chi connectivity index (χ1v) is 12.8. The summed E-state index contributed by atoms with van der Waals surface area (Å²) in [7, 11) is -3.74. The van der Waals surface area contributed by atoms with E-state index in [1.54, 1.807) is 19.1 Å². The molecule has 0 saturated heterocycles. The molecule has 2 rings (SSSR count). The standard InChI is InChI=1S/C25H35N3O4S/c1-17(2)26-25(30)21(6)27(15-22-10-8-9-18(3)12-22)24(29)16-28(33(7,31)32)23-13-19(4)11-20(5)14-23/h8-14,17,21H,15-16H2,1-7H3,(H,26,30). The Morgan fingerprint density at radius 2 is 1.55 bits per heavy atom. The number of nitrogens with one attached hydrogen (secondary N) is 1. The number of rotatable bonds is 9. The minimum Gasteiger partial charge on any atom is -0.352 e. The van der Waals surface area contributed by atoms with E-state index in [-0.39, 0.29) is 18.5 Å². The first kappa shape index (κ1) is 26.4. The Morgan fingerprint density at radius 1 is 0.939 bits per heavy atom. The van der Waals surface area contributed by atoms with Crippen molar-refractivity contribution in [1.82, 2.24) is 10.2 Å². The molecular formula is C25H35N3O4S. The van der Waals surface area contributed by atoms with Gasteiger partial charge >= 0.3 is 0 Å². The van der Waals surface area contributed by atoms with Gasteiger partial charge in [-0.1, -0.05) is 35.9 Å².